The van der Waals surface area contributed by atoms with Crippen LogP contribution in [-0.4, -0.2) is 56.1 Å². The van der Waals surface area contributed by atoms with Crippen molar-refractivity contribution in [1.29, 1.82) is 0 Å². The maximum atomic E-state index is 9.96. The molecule has 0 bridgehead atoms. The van der Waals surface area contributed by atoms with Crippen LogP contribution in [0, 0.1) is 0 Å². The Morgan fingerprint density at radius 2 is 1.00 bits per heavy atom. The van der Waals surface area contributed by atoms with Crippen molar-refractivity contribution >= 4 is 36.6 Å². The van der Waals surface area contributed by atoms with E-state index in [4.69, 9.17) is 0 Å². The molecule has 0 unspecified atom stereocenters. The van der Waals surface area contributed by atoms with Gasteiger partial charge in [0.05, 0.1) is 0 Å². The van der Waals surface area contributed by atoms with Gasteiger partial charge in [-0.1, -0.05) is 14.4 Å². The number of carboxylic acid groups (broad SMARTS) is 3. The van der Waals surface area contributed by atoms with E-state index in [1.807, 2.05) is 0 Å². The molecule has 0 saturated carbocycles. The number of rotatable bonds is 6. The molecule has 0 amide bonds. The minimum absolute atomic E-state index is 0.123. The van der Waals surface area contributed by atoms with Crippen molar-refractivity contribution < 1.29 is 44.1 Å². The van der Waals surface area contributed by atoms with E-state index in [2.05, 4.69) is 30.0 Å². The van der Waals surface area contributed by atoms with Gasteiger partial charge in [0.25, 0.3) is 15.7 Å². The summed E-state index contributed by atoms with van der Waals surface area (Å²) >= 11 is 0. The Kier molecular flexibility index (Phi) is 6.86. The average molecular weight is 269 g/mol. The highest BCUT2D eigenvalue weighted by Crippen LogP contribution is 1.85. The summed E-state index contributed by atoms with van der Waals surface area (Å²) in [5, 5.41) is 38.8. The van der Waals surface area contributed by atoms with Crippen molar-refractivity contribution in [3.8, 4) is 0 Å². The van der Waals surface area contributed by atoms with Crippen molar-refractivity contribution in [3.63, 3.8) is 0 Å². The summed E-state index contributed by atoms with van der Waals surface area (Å²) in [6, 6.07) is 0. The van der Waals surface area contributed by atoms with E-state index in [-0.39, 0.29) is 23.9 Å². The van der Waals surface area contributed by atoms with Crippen molar-refractivity contribution in [2.45, 2.75) is 0 Å². The number of carboxylic acids is 3. The van der Waals surface area contributed by atoms with E-state index >= 15 is 0 Å². The third-order valence-electron chi connectivity index (χ3n) is 0.884. The van der Waals surface area contributed by atoms with Gasteiger partial charge in [-0.25, -0.2) is 0 Å². The monoisotopic (exact) mass is 269 g/mol. The lowest BCUT2D eigenvalue weighted by atomic mass is 10.8. The lowest BCUT2D eigenvalue weighted by molar-refractivity contribution is -0.302. The summed E-state index contributed by atoms with van der Waals surface area (Å²) in [6.45, 7) is 0. The van der Waals surface area contributed by atoms with Gasteiger partial charge >= 0.3 is 0 Å². The molecule has 98 valence electrons. The molecule has 0 rings (SSSR count). The molecular weight excluding hydrogens is 266 g/mol. The Balaban J connectivity index is 5.15. The van der Waals surface area contributed by atoms with Crippen molar-refractivity contribution in [3.05, 3.63) is 0 Å². The van der Waals surface area contributed by atoms with Crippen LogP contribution in [0.5, 0.6) is 0 Å². The van der Waals surface area contributed by atoms with Crippen molar-refractivity contribution in [2.75, 3.05) is 0 Å². The number of carbonyl (C=O) groups is 3. The van der Waals surface area contributed by atoms with Gasteiger partial charge in [-0.3, -0.25) is 0 Å². The molecule has 0 atom stereocenters. The van der Waals surface area contributed by atoms with Crippen LogP contribution in [0.3, 0.4) is 0 Å². The average Bonchev–Trinajstić information content (AvgIpc) is 2.26. The third kappa shape index (κ3) is 10.6. The molecule has 0 N–H and O–H groups in total. The molecule has 0 heterocycles. The standard InChI is InChI=1S/C6H3N7O6/c14-4(15)1-7-10-13(11-8-2-5(16)17)12-9-3-6(18)19/h1-3H. The first-order valence-electron chi connectivity index (χ1n) is 4.07. The highest BCUT2D eigenvalue weighted by molar-refractivity contribution is 6.18. The van der Waals surface area contributed by atoms with E-state index in [9.17, 15) is 29.7 Å². The maximum absolute atomic E-state index is 9.96. The molecule has 0 radical (unpaired) electrons. The van der Waals surface area contributed by atoms with Gasteiger partial charge in [0.1, 0.15) is 17.9 Å². The van der Waals surface area contributed by atoms with E-state index in [1.54, 1.807) is 0 Å². The zero-order chi connectivity index (χ0) is 14.7. The second kappa shape index (κ2) is 8.50. The number of aliphatic carboxylic acids is 3. The van der Waals surface area contributed by atoms with Gasteiger partial charge < -0.3 is 29.7 Å². The second-order valence-electron chi connectivity index (χ2n) is 2.23. The smallest absolute Gasteiger partial charge is 0.254 e. The largest absolute Gasteiger partial charge is 0.541 e. The van der Waals surface area contributed by atoms with Crippen LogP contribution in [0.1, 0.15) is 0 Å². The summed E-state index contributed by atoms with van der Waals surface area (Å²) in [6.07, 6.45) is 0.717. The summed E-state index contributed by atoms with van der Waals surface area (Å²) in [7, 11) is 0. The van der Waals surface area contributed by atoms with E-state index in [1.165, 1.54) is 0 Å². The zero-order valence-corrected chi connectivity index (χ0v) is 8.81. The molecule has 0 fully saturated rings. The summed E-state index contributed by atoms with van der Waals surface area (Å²) in [5.41, 5.74) is 0. The van der Waals surface area contributed by atoms with Gasteiger partial charge in [-0.15, -0.1) is 0 Å². The highest BCUT2D eigenvalue weighted by Gasteiger charge is 2.12. The predicted molar refractivity (Wildman–Crippen MR) is 43.1 cm³/mol. The van der Waals surface area contributed by atoms with Crippen LogP contribution in [-0.2, 0) is 14.4 Å². The van der Waals surface area contributed by atoms with Gasteiger partial charge in [0.2, 0.25) is 23.9 Å². The minimum Gasteiger partial charge on any atom is -0.541 e. The van der Waals surface area contributed by atoms with Gasteiger partial charge in [-0.05, 0) is 0 Å². The Morgan fingerprint density at radius 3 is 1.21 bits per heavy atom. The summed E-state index contributed by atoms with van der Waals surface area (Å²) in [5.74, 6) is -5.04. The Labute approximate surface area is 102 Å². The third-order valence-corrected chi connectivity index (χ3v) is 0.884. The molecule has 0 aromatic rings. The Bertz CT molecular complexity index is 480. The van der Waals surface area contributed by atoms with Gasteiger partial charge in [0, 0.05) is 0 Å². The Hall–Kier alpha value is -3.65. The summed E-state index contributed by atoms with van der Waals surface area (Å²) < 4.78 is 0. The first-order chi connectivity index (χ1) is 8.91. The van der Waals surface area contributed by atoms with E-state index in [0.717, 1.165) is 0 Å². The van der Waals surface area contributed by atoms with Crippen LogP contribution < -0.4 is 15.3 Å². The maximum Gasteiger partial charge on any atom is 0.254 e. The van der Waals surface area contributed by atoms with E-state index in [0.29, 0.717) is 0 Å². The predicted octanol–water partition coefficient (Wildman–Crippen LogP) is -6.52. The minimum atomic E-state index is -1.68. The fourth-order valence-corrected chi connectivity index (χ4v) is 0.411. The van der Waals surface area contributed by atoms with Crippen LogP contribution in [0.25, 0.3) is 0 Å². The fourth-order valence-electron chi connectivity index (χ4n) is 0.411. The lowest BCUT2D eigenvalue weighted by Gasteiger charge is -1.79. The lowest BCUT2D eigenvalue weighted by Crippen LogP contribution is -2.24. The van der Waals surface area contributed by atoms with Crippen molar-refractivity contribution in [2.24, 2.45) is 15.7 Å². The summed E-state index contributed by atoms with van der Waals surface area (Å²) in [4.78, 5) is 38.5. The molecule has 0 aliphatic rings. The molecule has 0 aromatic carbocycles. The molecule has 0 aromatic heterocycles. The number of carbonyl (C=O) groups excluding carboxylic acids is 3. The first-order valence-corrected chi connectivity index (χ1v) is 4.07. The molecule has 0 aliphatic heterocycles. The topological polar surface area (TPSA) is 203 Å². The van der Waals surface area contributed by atoms with Crippen LogP contribution in [0.4, 0.5) is 0 Å². The molecular formula is C6H3N7O6. The SMILES string of the molecule is O=C([O-])C=[N+]=NN(N=[N+]=CC(=O)[O-])N=[N+]=CC(=O)[O-]. The molecule has 13 nitrogen and oxygen atoms in total. The Morgan fingerprint density at radius 1 is 0.737 bits per heavy atom. The number of nitrogens with zero attached hydrogens (tertiary/aromatic N) is 7. The van der Waals surface area contributed by atoms with Crippen LogP contribution in [0.2, 0.25) is 0 Å². The zero-order valence-electron chi connectivity index (χ0n) is 8.81. The van der Waals surface area contributed by atoms with Gasteiger partial charge in [0.15, 0.2) is 0 Å². The number of hydrogen-bond donors (Lipinski definition) is 0. The molecule has 0 spiro atoms. The fraction of sp³-hybridized carbons (Fsp3) is 0. The molecule has 0 aliphatic carbocycles. The van der Waals surface area contributed by atoms with Crippen LogP contribution in [0.15, 0.2) is 15.7 Å². The molecule has 13 heteroatoms. The quantitative estimate of drug-likeness (QED) is 0.197. The van der Waals surface area contributed by atoms with Gasteiger partial charge in [-0.2, -0.15) is 0 Å². The van der Waals surface area contributed by atoms with Crippen molar-refractivity contribution in [1.82, 2.24) is 5.23 Å². The van der Waals surface area contributed by atoms with Crippen LogP contribution >= 0.6 is 0 Å². The normalized spacial score (nSPS) is 7.58. The number of hydrogen-bond acceptors (Lipinski definition) is 9. The molecule has 19 heavy (non-hydrogen) atoms. The first kappa shape index (κ1) is 15.3. The highest BCUT2D eigenvalue weighted by atomic mass is 16.4. The molecule has 0 saturated heterocycles. The van der Waals surface area contributed by atoms with E-state index < -0.39 is 17.9 Å². The second-order valence-corrected chi connectivity index (χ2v) is 2.23.